The van der Waals surface area contributed by atoms with Crippen LogP contribution in [-0.2, 0) is 4.74 Å². The largest absolute Gasteiger partial charge is 0.477 e. The van der Waals surface area contributed by atoms with Crippen molar-refractivity contribution in [3.05, 3.63) is 30.0 Å². The number of hydrogen-bond acceptors (Lipinski definition) is 3. The van der Waals surface area contributed by atoms with Crippen molar-refractivity contribution in [2.45, 2.75) is 6.92 Å². The molecule has 0 aliphatic carbocycles. The Bertz CT molecular complexity index is 603. The van der Waals surface area contributed by atoms with Gasteiger partial charge in [0.2, 0.25) is 0 Å². The molecular weight excluding hydrogens is 236 g/mol. The number of hydrogen-bond donors (Lipinski definition) is 3. The van der Waals surface area contributed by atoms with Crippen LogP contribution >= 0.6 is 0 Å². The average molecular weight is 248 g/mol. The van der Waals surface area contributed by atoms with E-state index in [4.69, 9.17) is 9.84 Å². The minimum absolute atomic E-state index is 0.110. The first-order valence-electron chi connectivity index (χ1n) is 5.40. The Kier molecular flexibility index (Phi) is 3.18. The minimum Gasteiger partial charge on any atom is -0.477 e. The van der Waals surface area contributed by atoms with E-state index in [-0.39, 0.29) is 5.69 Å². The second kappa shape index (κ2) is 4.79. The first kappa shape index (κ1) is 12.0. The van der Waals surface area contributed by atoms with Crippen molar-refractivity contribution in [1.82, 2.24) is 4.98 Å². The average Bonchev–Trinajstić information content (AvgIpc) is 2.72. The van der Waals surface area contributed by atoms with Crippen molar-refractivity contribution in [1.29, 1.82) is 0 Å². The number of fused-ring (bicyclic) bond motifs is 1. The lowest BCUT2D eigenvalue weighted by Crippen LogP contribution is -2.12. The van der Waals surface area contributed by atoms with E-state index in [2.05, 4.69) is 10.3 Å². The van der Waals surface area contributed by atoms with Gasteiger partial charge in [0.1, 0.15) is 5.69 Å². The summed E-state index contributed by atoms with van der Waals surface area (Å²) in [6, 6.07) is 6.55. The van der Waals surface area contributed by atoms with Crippen LogP contribution in [0, 0.1) is 0 Å². The molecule has 1 aromatic heterocycles. The lowest BCUT2D eigenvalue weighted by atomic mass is 10.2. The van der Waals surface area contributed by atoms with Crippen molar-refractivity contribution in [2.24, 2.45) is 0 Å². The number of H-pyrrole nitrogens is 1. The highest BCUT2D eigenvalue weighted by molar-refractivity contribution is 5.96. The Hall–Kier alpha value is -2.50. The zero-order chi connectivity index (χ0) is 13.1. The van der Waals surface area contributed by atoms with Gasteiger partial charge in [0.05, 0.1) is 6.61 Å². The number of ether oxygens (including phenoxy) is 1. The predicted molar refractivity (Wildman–Crippen MR) is 65.9 cm³/mol. The third kappa shape index (κ3) is 2.42. The SMILES string of the molecule is CCOC(=O)Nc1ccc2[nH]c(C(=O)O)cc2c1. The molecule has 18 heavy (non-hydrogen) atoms. The maximum atomic E-state index is 11.2. The Morgan fingerprint density at radius 2 is 2.17 bits per heavy atom. The topological polar surface area (TPSA) is 91.4 Å². The molecule has 6 nitrogen and oxygen atoms in total. The molecule has 1 amide bonds. The highest BCUT2D eigenvalue weighted by Gasteiger charge is 2.08. The Morgan fingerprint density at radius 1 is 1.39 bits per heavy atom. The highest BCUT2D eigenvalue weighted by Crippen LogP contribution is 2.20. The fourth-order valence-electron chi connectivity index (χ4n) is 1.61. The lowest BCUT2D eigenvalue weighted by Gasteiger charge is -2.04. The molecule has 0 aliphatic heterocycles. The smallest absolute Gasteiger partial charge is 0.411 e. The van der Waals surface area contributed by atoms with E-state index in [1.165, 1.54) is 6.07 Å². The van der Waals surface area contributed by atoms with Crippen LogP contribution in [0.4, 0.5) is 10.5 Å². The van der Waals surface area contributed by atoms with Gasteiger partial charge in [0.25, 0.3) is 0 Å². The third-order valence-electron chi connectivity index (χ3n) is 2.37. The number of carboxylic acid groups (broad SMARTS) is 1. The maximum Gasteiger partial charge on any atom is 0.411 e. The minimum atomic E-state index is -1.02. The fourth-order valence-corrected chi connectivity index (χ4v) is 1.61. The highest BCUT2D eigenvalue weighted by atomic mass is 16.5. The first-order valence-corrected chi connectivity index (χ1v) is 5.40. The molecule has 0 saturated carbocycles. The summed E-state index contributed by atoms with van der Waals surface area (Å²) < 4.78 is 4.75. The van der Waals surface area contributed by atoms with Gasteiger partial charge in [-0.1, -0.05) is 0 Å². The summed E-state index contributed by atoms with van der Waals surface area (Å²) >= 11 is 0. The number of carbonyl (C=O) groups excluding carboxylic acids is 1. The van der Waals surface area contributed by atoms with E-state index in [0.717, 1.165) is 0 Å². The number of anilines is 1. The van der Waals surface area contributed by atoms with Crippen LogP contribution in [0.3, 0.4) is 0 Å². The number of aromatic carboxylic acids is 1. The number of aromatic nitrogens is 1. The maximum absolute atomic E-state index is 11.2. The molecular formula is C12H12N2O4. The summed E-state index contributed by atoms with van der Waals surface area (Å²) in [6.07, 6.45) is -0.536. The van der Waals surface area contributed by atoms with Crippen LogP contribution in [0.15, 0.2) is 24.3 Å². The fraction of sp³-hybridized carbons (Fsp3) is 0.167. The molecule has 1 aromatic carbocycles. The van der Waals surface area contributed by atoms with E-state index in [1.807, 2.05) is 0 Å². The van der Waals surface area contributed by atoms with Gasteiger partial charge in [-0.3, -0.25) is 5.32 Å². The molecule has 3 N–H and O–H groups in total. The molecule has 0 saturated heterocycles. The number of amides is 1. The van der Waals surface area contributed by atoms with Crippen molar-refractivity contribution in [3.63, 3.8) is 0 Å². The van der Waals surface area contributed by atoms with Crippen LogP contribution < -0.4 is 5.32 Å². The predicted octanol–water partition coefficient (Wildman–Crippen LogP) is 2.43. The first-order chi connectivity index (χ1) is 8.60. The number of nitrogens with one attached hydrogen (secondary N) is 2. The summed E-state index contributed by atoms with van der Waals surface area (Å²) in [7, 11) is 0. The van der Waals surface area contributed by atoms with Gasteiger partial charge in [0, 0.05) is 16.6 Å². The number of rotatable bonds is 3. The molecule has 1 heterocycles. The molecule has 94 valence electrons. The summed E-state index contributed by atoms with van der Waals surface area (Å²) in [5, 5.41) is 12.1. The van der Waals surface area contributed by atoms with Crippen molar-refractivity contribution >= 4 is 28.7 Å². The summed E-state index contributed by atoms with van der Waals surface area (Å²) in [6.45, 7) is 2.01. The molecule has 0 radical (unpaired) electrons. The van der Waals surface area contributed by atoms with Gasteiger partial charge in [-0.25, -0.2) is 9.59 Å². The summed E-state index contributed by atoms with van der Waals surface area (Å²) in [5.41, 5.74) is 1.36. The van der Waals surface area contributed by atoms with Gasteiger partial charge >= 0.3 is 12.1 Å². The standard InChI is InChI=1S/C12H12N2O4/c1-2-18-12(17)13-8-3-4-9-7(5-8)6-10(14-9)11(15)16/h3-6,14H,2H2,1H3,(H,13,17)(H,15,16). The second-order valence-corrected chi connectivity index (χ2v) is 3.64. The number of aromatic amines is 1. The van der Waals surface area contributed by atoms with Gasteiger partial charge in [-0.2, -0.15) is 0 Å². The normalized spacial score (nSPS) is 10.3. The van der Waals surface area contributed by atoms with Gasteiger partial charge in [0.15, 0.2) is 0 Å². The Morgan fingerprint density at radius 3 is 2.83 bits per heavy atom. The second-order valence-electron chi connectivity index (χ2n) is 3.64. The molecule has 2 aromatic rings. The number of carboxylic acids is 1. The summed E-state index contributed by atoms with van der Waals surface area (Å²) in [4.78, 5) is 24.8. The Balaban J connectivity index is 2.26. The molecule has 0 bridgehead atoms. The molecule has 0 spiro atoms. The third-order valence-corrected chi connectivity index (χ3v) is 2.37. The van der Waals surface area contributed by atoms with Crippen LogP contribution in [0.2, 0.25) is 0 Å². The monoisotopic (exact) mass is 248 g/mol. The zero-order valence-corrected chi connectivity index (χ0v) is 9.69. The van der Waals surface area contributed by atoms with E-state index in [9.17, 15) is 9.59 Å². The van der Waals surface area contributed by atoms with E-state index in [1.54, 1.807) is 25.1 Å². The number of benzene rings is 1. The van der Waals surface area contributed by atoms with Crippen LogP contribution in [0.25, 0.3) is 10.9 Å². The van der Waals surface area contributed by atoms with Crippen LogP contribution in [-0.4, -0.2) is 28.8 Å². The van der Waals surface area contributed by atoms with Gasteiger partial charge in [-0.15, -0.1) is 0 Å². The molecule has 0 fully saturated rings. The Labute approximate surface area is 103 Å². The van der Waals surface area contributed by atoms with Gasteiger partial charge in [-0.05, 0) is 31.2 Å². The summed E-state index contributed by atoms with van der Waals surface area (Å²) in [5.74, 6) is -1.02. The molecule has 2 rings (SSSR count). The zero-order valence-electron chi connectivity index (χ0n) is 9.69. The molecule has 0 unspecified atom stereocenters. The van der Waals surface area contributed by atoms with E-state index >= 15 is 0 Å². The van der Waals surface area contributed by atoms with Gasteiger partial charge < -0.3 is 14.8 Å². The number of carbonyl (C=O) groups is 2. The van der Waals surface area contributed by atoms with Crippen LogP contribution in [0.1, 0.15) is 17.4 Å². The molecule has 0 aliphatic rings. The van der Waals surface area contributed by atoms with E-state index in [0.29, 0.717) is 23.2 Å². The van der Waals surface area contributed by atoms with Crippen LogP contribution in [0.5, 0.6) is 0 Å². The lowest BCUT2D eigenvalue weighted by molar-refractivity contribution is 0.0691. The van der Waals surface area contributed by atoms with Crippen molar-refractivity contribution < 1.29 is 19.4 Å². The molecule has 6 heteroatoms. The van der Waals surface area contributed by atoms with Crippen molar-refractivity contribution in [3.8, 4) is 0 Å². The van der Waals surface area contributed by atoms with Crippen molar-refractivity contribution in [2.75, 3.05) is 11.9 Å². The quantitative estimate of drug-likeness (QED) is 0.777. The molecule has 0 atom stereocenters. The van der Waals surface area contributed by atoms with E-state index < -0.39 is 12.1 Å².